The molecule has 0 N–H and O–H groups in total. The molecule has 2 aromatic rings. The molecule has 0 radical (unpaired) electrons. The van der Waals surface area contributed by atoms with Gasteiger partial charge in [-0.25, -0.2) is 0 Å². The van der Waals surface area contributed by atoms with E-state index in [2.05, 4.69) is 4.99 Å². The zero-order valence-electron chi connectivity index (χ0n) is 9.46. The summed E-state index contributed by atoms with van der Waals surface area (Å²) in [5.41, 5.74) is 1.54. The largest absolute Gasteiger partial charge is 0.433 e. The Morgan fingerprint density at radius 2 is 2.17 bits per heavy atom. The fraction of sp³-hybridized carbons (Fsp3) is 0.0833. The molecular weight excluding hydrogens is 256 g/mol. The highest BCUT2D eigenvalue weighted by molar-refractivity contribution is 6.31. The Bertz CT molecular complexity index is 620. The lowest BCUT2D eigenvalue weighted by molar-refractivity contribution is -0.402. The molecule has 0 aliphatic heterocycles. The second kappa shape index (κ2) is 5.01. The molecule has 0 spiro atoms. The van der Waals surface area contributed by atoms with Crippen molar-refractivity contribution in [3.05, 3.63) is 56.8 Å². The minimum atomic E-state index is -0.595. The van der Waals surface area contributed by atoms with Crippen molar-refractivity contribution in [2.24, 2.45) is 4.99 Å². The van der Waals surface area contributed by atoms with Gasteiger partial charge in [-0.15, -0.1) is 0 Å². The maximum absolute atomic E-state index is 10.4. The number of furan rings is 1. The summed E-state index contributed by atoms with van der Waals surface area (Å²) in [4.78, 5) is 14.0. The molecule has 18 heavy (non-hydrogen) atoms. The molecule has 0 aliphatic carbocycles. The quantitative estimate of drug-likeness (QED) is 0.479. The number of nitro groups is 1. The number of halogens is 1. The average Bonchev–Trinajstić information content (AvgIpc) is 2.80. The van der Waals surface area contributed by atoms with Gasteiger partial charge < -0.3 is 4.42 Å². The molecule has 1 aromatic carbocycles. The number of hydrogen-bond acceptors (Lipinski definition) is 4. The Kier molecular flexibility index (Phi) is 3.43. The Balaban J connectivity index is 2.24. The normalized spacial score (nSPS) is 11.0. The van der Waals surface area contributed by atoms with Crippen molar-refractivity contribution in [2.45, 2.75) is 6.92 Å². The van der Waals surface area contributed by atoms with E-state index in [1.807, 2.05) is 6.92 Å². The minimum absolute atomic E-state index is 0.306. The number of benzene rings is 1. The number of rotatable bonds is 3. The van der Waals surface area contributed by atoms with E-state index in [0.717, 1.165) is 5.56 Å². The lowest BCUT2D eigenvalue weighted by Crippen LogP contribution is -1.83. The second-order valence-corrected chi connectivity index (χ2v) is 3.98. The molecule has 0 atom stereocenters. The first-order chi connectivity index (χ1) is 8.58. The van der Waals surface area contributed by atoms with E-state index in [1.165, 1.54) is 18.3 Å². The first kappa shape index (κ1) is 12.3. The van der Waals surface area contributed by atoms with Crippen molar-refractivity contribution in [3.8, 4) is 0 Å². The van der Waals surface area contributed by atoms with E-state index in [9.17, 15) is 10.1 Å². The maximum Gasteiger partial charge on any atom is 0.433 e. The highest BCUT2D eigenvalue weighted by Gasteiger charge is 2.10. The van der Waals surface area contributed by atoms with E-state index in [0.29, 0.717) is 16.5 Å². The van der Waals surface area contributed by atoms with E-state index in [-0.39, 0.29) is 5.88 Å². The molecule has 0 saturated carbocycles. The SMILES string of the molecule is Cc1c(Cl)cccc1/N=C/c1ccc([N+](=O)[O-])o1. The minimum Gasteiger partial charge on any atom is -0.400 e. The summed E-state index contributed by atoms with van der Waals surface area (Å²) in [6.45, 7) is 1.85. The molecule has 1 aromatic heterocycles. The van der Waals surface area contributed by atoms with Crippen LogP contribution >= 0.6 is 11.6 Å². The monoisotopic (exact) mass is 264 g/mol. The van der Waals surface area contributed by atoms with Crippen molar-refractivity contribution in [2.75, 3.05) is 0 Å². The van der Waals surface area contributed by atoms with Gasteiger partial charge in [-0.1, -0.05) is 17.7 Å². The van der Waals surface area contributed by atoms with Gasteiger partial charge >= 0.3 is 5.88 Å². The lowest BCUT2D eigenvalue weighted by atomic mass is 10.2. The first-order valence-electron chi connectivity index (χ1n) is 5.11. The molecule has 0 fully saturated rings. The molecule has 0 saturated heterocycles. The summed E-state index contributed by atoms with van der Waals surface area (Å²) in [7, 11) is 0. The van der Waals surface area contributed by atoms with Crippen LogP contribution in [-0.4, -0.2) is 11.1 Å². The Hall–Kier alpha value is -2.14. The van der Waals surface area contributed by atoms with Gasteiger partial charge in [-0.2, -0.15) is 0 Å². The standard InChI is InChI=1S/C12H9ClN2O3/c1-8-10(13)3-2-4-11(8)14-7-9-5-6-12(18-9)15(16)17/h2-7H,1H3/b14-7+. The van der Waals surface area contributed by atoms with E-state index < -0.39 is 4.92 Å². The molecule has 5 nitrogen and oxygen atoms in total. The van der Waals surface area contributed by atoms with Gasteiger partial charge in [0.1, 0.15) is 4.92 Å². The molecule has 2 rings (SSSR count). The summed E-state index contributed by atoms with van der Waals surface area (Å²) in [6.07, 6.45) is 1.42. The van der Waals surface area contributed by atoms with E-state index >= 15 is 0 Å². The molecule has 1 heterocycles. The van der Waals surface area contributed by atoms with Crippen LogP contribution in [0, 0.1) is 17.0 Å². The summed E-state index contributed by atoms with van der Waals surface area (Å²) >= 11 is 5.95. The predicted molar refractivity (Wildman–Crippen MR) is 68.8 cm³/mol. The van der Waals surface area contributed by atoms with Crippen molar-refractivity contribution in [1.29, 1.82) is 0 Å². The summed E-state index contributed by atoms with van der Waals surface area (Å²) in [5.74, 6) is 0.0142. The highest BCUT2D eigenvalue weighted by atomic mass is 35.5. The Labute approximate surface area is 108 Å². The van der Waals surface area contributed by atoms with Gasteiger partial charge in [0.05, 0.1) is 18.0 Å². The van der Waals surface area contributed by atoms with Crippen molar-refractivity contribution in [1.82, 2.24) is 0 Å². The molecule has 0 unspecified atom stereocenters. The van der Waals surface area contributed by atoms with Gasteiger partial charge in [-0.3, -0.25) is 15.1 Å². The van der Waals surface area contributed by atoms with Crippen LogP contribution in [0.5, 0.6) is 0 Å². The number of aliphatic imine (C=N–C) groups is 1. The lowest BCUT2D eigenvalue weighted by Gasteiger charge is -2.00. The van der Waals surface area contributed by atoms with Gasteiger partial charge in [0, 0.05) is 5.02 Å². The van der Waals surface area contributed by atoms with Gasteiger partial charge in [0.2, 0.25) is 0 Å². The van der Waals surface area contributed by atoms with Gasteiger partial charge in [-0.05, 0) is 30.7 Å². The van der Waals surface area contributed by atoms with Crippen LogP contribution in [-0.2, 0) is 0 Å². The van der Waals surface area contributed by atoms with Crippen LogP contribution in [0.2, 0.25) is 5.02 Å². The third-order valence-corrected chi connectivity index (χ3v) is 2.77. The molecular formula is C12H9ClN2O3. The third kappa shape index (κ3) is 2.57. The second-order valence-electron chi connectivity index (χ2n) is 3.58. The number of nitrogens with zero attached hydrogens (tertiary/aromatic N) is 2. The number of hydrogen-bond donors (Lipinski definition) is 0. The zero-order chi connectivity index (χ0) is 13.1. The summed E-state index contributed by atoms with van der Waals surface area (Å²) < 4.78 is 4.96. The zero-order valence-corrected chi connectivity index (χ0v) is 10.2. The fourth-order valence-corrected chi connectivity index (χ4v) is 1.55. The average molecular weight is 265 g/mol. The van der Waals surface area contributed by atoms with Gasteiger partial charge in [0.15, 0.2) is 5.76 Å². The highest BCUT2D eigenvalue weighted by Crippen LogP contribution is 2.25. The third-order valence-electron chi connectivity index (χ3n) is 2.36. The van der Waals surface area contributed by atoms with E-state index in [1.54, 1.807) is 18.2 Å². The van der Waals surface area contributed by atoms with Crippen LogP contribution in [0.15, 0.2) is 39.7 Å². The Morgan fingerprint density at radius 1 is 1.39 bits per heavy atom. The van der Waals surface area contributed by atoms with Crippen molar-refractivity contribution in [3.63, 3.8) is 0 Å². The molecule has 0 aliphatic rings. The van der Waals surface area contributed by atoms with Crippen LogP contribution < -0.4 is 0 Å². The van der Waals surface area contributed by atoms with Gasteiger partial charge in [0.25, 0.3) is 0 Å². The topological polar surface area (TPSA) is 68.6 Å². The van der Waals surface area contributed by atoms with Crippen LogP contribution in [0.1, 0.15) is 11.3 Å². The fourth-order valence-electron chi connectivity index (χ4n) is 1.38. The smallest absolute Gasteiger partial charge is 0.400 e. The summed E-state index contributed by atoms with van der Waals surface area (Å²) in [6, 6.07) is 8.13. The van der Waals surface area contributed by atoms with Crippen molar-refractivity contribution >= 4 is 29.4 Å². The van der Waals surface area contributed by atoms with Crippen molar-refractivity contribution < 1.29 is 9.34 Å². The molecule has 0 bridgehead atoms. The maximum atomic E-state index is 10.4. The van der Waals surface area contributed by atoms with Crippen LogP contribution in [0.3, 0.4) is 0 Å². The van der Waals surface area contributed by atoms with Crippen LogP contribution in [0.25, 0.3) is 0 Å². The predicted octanol–water partition coefficient (Wildman–Crippen LogP) is 3.90. The molecule has 0 amide bonds. The molecule has 6 heteroatoms. The van der Waals surface area contributed by atoms with E-state index in [4.69, 9.17) is 16.0 Å². The molecule has 92 valence electrons. The van der Waals surface area contributed by atoms with Crippen LogP contribution in [0.4, 0.5) is 11.6 Å². The first-order valence-corrected chi connectivity index (χ1v) is 5.49. The Morgan fingerprint density at radius 3 is 2.83 bits per heavy atom. The summed E-state index contributed by atoms with van der Waals surface area (Å²) in [5, 5.41) is 11.1.